The molecule has 2 aliphatic heterocycles. The van der Waals surface area contributed by atoms with Gasteiger partial charge in [-0.05, 0) is 63.4 Å². The van der Waals surface area contributed by atoms with Gasteiger partial charge in [-0.15, -0.1) is 23.5 Å². The normalized spacial score (nSPS) is 20.9. The molecule has 0 bridgehead atoms. The third-order valence-corrected chi connectivity index (χ3v) is 7.96. The summed E-state index contributed by atoms with van der Waals surface area (Å²) in [6, 6.07) is 8.31. The van der Waals surface area contributed by atoms with Gasteiger partial charge in [-0.2, -0.15) is 10.2 Å². The first-order valence-electron chi connectivity index (χ1n) is 12.0. The average molecular weight is 497 g/mol. The Balaban J connectivity index is 0.000000142. The van der Waals surface area contributed by atoms with Gasteiger partial charge in [0.2, 0.25) is 0 Å². The van der Waals surface area contributed by atoms with E-state index in [1.54, 1.807) is 23.5 Å². The molecule has 0 aromatic carbocycles. The lowest BCUT2D eigenvalue weighted by atomic mass is 9.96. The molecule has 10 heteroatoms. The van der Waals surface area contributed by atoms with Crippen LogP contribution in [-0.2, 0) is 0 Å². The van der Waals surface area contributed by atoms with Crippen LogP contribution in [-0.4, -0.2) is 67.9 Å². The van der Waals surface area contributed by atoms with Crippen molar-refractivity contribution < 1.29 is 0 Å². The number of rotatable bonds is 4. The largest absolute Gasteiger partial charge is 0.316 e. The molecule has 0 amide bonds. The number of nitrogens with one attached hydrogen (secondary N) is 2. The van der Waals surface area contributed by atoms with Crippen LogP contribution in [0.3, 0.4) is 0 Å². The highest BCUT2D eigenvalue weighted by atomic mass is 32.2. The van der Waals surface area contributed by atoms with Crippen LogP contribution in [0.5, 0.6) is 0 Å². The zero-order chi connectivity index (χ0) is 23.3. The van der Waals surface area contributed by atoms with Crippen LogP contribution in [0.15, 0.2) is 46.7 Å². The second-order valence-corrected chi connectivity index (χ2v) is 10.4. The second-order valence-electron chi connectivity index (χ2n) is 8.74. The predicted octanol–water partition coefficient (Wildman–Crippen LogP) is 3.84. The summed E-state index contributed by atoms with van der Waals surface area (Å²) in [5.74, 6) is 1.10. The number of hydrogen-bond donors (Lipinski definition) is 2. The van der Waals surface area contributed by atoms with Crippen molar-refractivity contribution in [1.82, 2.24) is 39.8 Å². The zero-order valence-electron chi connectivity index (χ0n) is 19.8. The summed E-state index contributed by atoms with van der Waals surface area (Å²) in [4.78, 5) is 9.43. The van der Waals surface area contributed by atoms with Gasteiger partial charge in [0.1, 0.15) is 10.1 Å². The molecule has 2 unspecified atom stereocenters. The van der Waals surface area contributed by atoms with Gasteiger partial charge in [-0.25, -0.2) is 19.0 Å². The Labute approximate surface area is 208 Å². The van der Waals surface area contributed by atoms with Crippen LogP contribution in [0.4, 0.5) is 0 Å². The highest BCUT2D eigenvalue weighted by Crippen LogP contribution is 2.27. The Kier molecular flexibility index (Phi) is 7.68. The summed E-state index contributed by atoms with van der Waals surface area (Å²) in [5.41, 5.74) is 4.32. The van der Waals surface area contributed by atoms with E-state index in [-0.39, 0.29) is 0 Å². The minimum Gasteiger partial charge on any atom is -0.316 e. The number of nitrogens with zero attached hydrogens (tertiary/aromatic N) is 6. The van der Waals surface area contributed by atoms with Gasteiger partial charge in [-0.3, -0.25) is 0 Å². The molecule has 0 radical (unpaired) electrons. The molecule has 2 saturated heterocycles. The van der Waals surface area contributed by atoms with Crippen molar-refractivity contribution in [3.05, 3.63) is 48.0 Å². The van der Waals surface area contributed by atoms with E-state index in [0.717, 1.165) is 37.5 Å². The van der Waals surface area contributed by atoms with E-state index < -0.39 is 0 Å². The molecular weight excluding hydrogens is 464 g/mol. The Morgan fingerprint density at radius 3 is 1.62 bits per heavy atom. The lowest BCUT2D eigenvalue weighted by Crippen LogP contribution is -2.29. The summed E-state index contributed by atoms with van der Waals surface area (Å²) in [5, 5.41) is 17.8. The molecule has 0 aliphatic carbocycles. The van der Waals surface area contributed by atoms with Crippen LogP contribution < -0.4 is 10.6 Å². The van der Waals surface area contributed by atoms with Gasteiger partial charge in [0, 0.05) is 48.4 Å². The van der Waals surface area contributed by atoms with E-state index in [1.807, 2.05) is 33.6 Å². The van der Waals surface area contributed by atoms with Crippen molar-refractivity contribution in [2.75, 3.05) is 38.7 Å². The smallest absolute Gasteiger partial charge is 0.156 e. The molecule has 180 valence electrons. The van der Waals surface area contributed by atoms with Gasteiger partial charge in [0.25, 0.3) is 0 Å². The van der Waals surface area contributed by atoms with Gasteiger partial charge in [0.05, 0.1) is 12.4 Å². The maximum absolute atomic E-state index is 4.71. The van der Waals surface area contributed by atoms with Crippen molar-refractivity contribution in [2.45, 2.75) is 47.6 Å². The quantitative estimate of drug-likeness (QED) is 0.326. The monoisotopic (exact) mass is 496 g/mol. The fraction of sp³-hybridized carbons (Fsp3) is 0.500. The lowest BCUT2D eigenvalue weighted by molar-refractivity contribution is 0.453. The van der Waals surface area contributed by atoms with Gasteiger partial charge in [-0.1, -0.05) is 0 Å². The van der Waals surface area contributed by atoms with Crippen LogP contribution in [0.1, 0.15) is 48.9 Å². The van der Waals surface area contributed by atoms with Gasteiger partial charge in [0.15, 0.2) is 11.3 Å². The Bertz CT molecular complexity index is 1130. The van der Waals surface area contributed by atoms with Gasteiger partial charge < -0.3 is 10.6 Å². The number of fused-ring (bicyclic) bond motifs is 2. The summed E-state index contributed by atoms with van der Waals surface area (Å²) >= 11 is 3.44. The Morgan fingerprint density at radius 2 is 1.24 bits per heavy atom. The number of thioether (sulfide) groups is 2. The topological polar surface area (TPSA) is 84.4 Å². The third-order valence-electron chi connectivity index (χ3n) is 6.54. The Morgan fingerprint density at radius 1 is 0.765 bits per heavy atom. The fourth-order valence-electron chi connectivity index (χ4n) is 4.72. The number of piperidine rings is 2. The first-order valence-corrected chi connectivity index (χ1v) is 14.4. The van der Waals surface area contributed by atoms with Crippen molar-refractivity contribution in [1.29, 1.82) is 0 Å². The standard InChI is InChI=1S/2C12H16N4S/c2*1-17-12-7-10(9-3-2-5-13-8-9)15-11-4-6-14-16(11)12/h2*4,6-7,9,13H,2-3,5,8H2,1H3. The maximum atomic E-state index is 4.71. The molecule has 4 aromatic heterocycles. The molecule has 34 heavy (non-hydrogen) atoms. The molecule has 2 atom stereocenters. The molecule has 2 aliphatic rings. The molecule has 0 saturated carbocycles. The molecule has 6 rings (SSSR count). The fourth-order valence-corrected chi connectivity index (χ4v) is 5.83. The summed E-state index contributed by atoms with van der Waals surface area (Å²) < 4.78 is 3.81. The summed E-state index contributed by atoms with van der Waals surface area (Å²) in [6.45, 7) is 4.37. The molecule has 4 aromatic rings. The lowest BCUT2D eigenvalue weighted by Gasteiger charge is -2.22. The molecule has 8 nitrogen and oxygen atoms in total. The van der Waals surface area contributed by atoms with Crippen molar-refractivity contribution >= 4 is 34.8 Å². The van der Waals surface area contributed by atoms with Crippen molar-refractivity contribution in [3.8, 4) is 0 Å². The van der Waals surface area contributed by atoms with E-state index in [4.69, 9.17) is 9.97 Å². The first kappa shape index (κ1) is 23.6. The van der Waals surface area contributed by atoms with Crippen LogP contribution in [0.25, 0.3) is 11.3 Å². The number of hydrogen-bond acceptors (Lipinski definition) is 8. The minimum atomic E-state index is 0.551. The van der Waals surface area contributed by atoms with Gasteiger partial charge >= 0.3 is 0 Å². The third kappa shape index (κ3) is 5.10. The highest BCUT2D eigenvalue weighted by Gasteiger charge is 2.19. The minimum absolute atomic E-state index is 0.551. The molecular formula is C24H32N8S2. The van der Waals surface area contributed by atoms with E-state index in [9.17, 15) is 0 Å². The maximum Gasteiger partial charge on any atom is 0.156 e. The van der Waals surface area contributed by atoms with E-state index in [0.29, 0.717) is 11.8 Å². The SMILES string of the molecule is CSc1cc(C2CCCNC2)nc2ccnn12.CSc1cc(C2CCCNC2)nc2ccnn12. The molecule has 6 heterocycles. The summed E-state index contributed by atoms with van der Waals surface area (Å²) in [6.07, 6.45) is 12.7. The second kappa shape index (κ2) is 11.1. The van der Waals surface area contributed by atoms with Crippen molar-refractivity contribution in [2.24, 2.45) is 0 Å². The zero-order valence-corrected chi connectivity index (χ0v) is 21.4. The van der Waals surface area contributed by atoms with E-state index in [2.05, 4.69) is 45.5 Å². The molecule has 2 N–H and O–H groups in total. The average Bonchev–Trinajstić information content (AvgIpc) is 3.58. The van der Waals surface area contributed by atoms with Crippen LogP contribution in [0.2, 0.25) is 0 Å². The first-order chi connectivity index (χ1) is 16.8. The highest BCUT2D eigenvalue weighted by molar-refractivity contribution is 7.98. The molecule has 2 fully saturated rings. The van der Waals surface area contributed by atoms with Crippen LogP contribution in [0, 0.1) is 0 Å². The molecule has 0 spiro atoms. The van der Waals surface area contributed by atoms with E-state index >= 15 is 0 Å². The predicted molar refractivity (Wildman–Crippen MR) is 139 cm³/mol. The summed E-state index contributed by atoms with van der Waals surface area (Å²) in [7, 11) is 0. The number of aromatic nitrogens is 6. The van der Waals surface area contributed by atoms with Crippen molar-refractivity contribution in [3.63, 3.8) is 0 Å². The van der Waals surface area contributed by atoms with E-state index in [1.165, 1.54) is 47.1 Å². The Hall–Kier alpha value is -2.14. The van der Waals surface area contributed by atoms with Crippen LogP contribution >= 0.6 is 23.5 Å².